The summed E-state index contributed by atoms with van der Waals surface area (Å²) in [4.78, 5) is 42.2. The Bertz CT molecular complexity index is 1430. The number of likely N-dealkylation sites (tertiary alicyclic amines) is 1. The number of imidazole rings is 1. The molecule has 9 nitrogen and oxygen atoms in total. The van der Waals surface area contributed by atoms with Crippen molar-refractivity contribution < 1.29 is 14.3 Å². The van der Waals surface area contributed by atoms with Crippen LogP contribution >= 0.6 is 11.3 Å². The molecule has 3 aromatic heterocycles. The highest BCUT2D eigenvalue weighted by Crippen LogP contribution is 2.49. The zero-order valence-corrected chi connectivity index (χ0v) is 20.2. The predicted octanol–water partition coefficient (Wildman–Crippen LogP) is 3.72. The second-order valence-corrected chi connectivity index (χ2v) is 9.93. The number of nitrogens with zero attached hydrogens (tertiary/aromatic N) is 5. The molecule has 0 bridgehead atoms. The quantitative estimate of drug-likeness (QED) is 0.459. The van der Waals surface area contributed by atoms with E-state index in [4.69, 9.17) is 4.74 Å². The van der Waals surface area contributed by atoms with Gasteiger partial charge in [0.25, 0.3) is 5.91 Å². The van der Waals surface area contributed by atoms with Gasteiger partial charge in [-0.2, -0.15) is 0 Å². The third-order valence-electron chi connectivity index (χ3n) is 6.78. The summed E-state index contributed by atoms with van der Waals surface area (Å²) >= 11 is 1.48. The minimum atomic E-state index is -0.554. The van der Waals surface area contributed by atoms with E-state index in [0.717, 1.165) is 16.9 Å². The summed E-state index contributed by atoms with van der Waals surface area (Å²) in [5.41, 5.74) is 2.64. The highest BCUT2D eigenvalue weighted by atomic mass is 32.1. The van der Waals surface area contributed by atoms with E-state index >= 15 is 0 Å². The lowest BCUT2D eigenvalue weighted by molar-refractivity contribution is 0.0704. The number of benzene rings is 1. The predicted molar refractivity (Wildman–Crippen MR) is 130 cm³/mol. The molecule has 1 saturated heterocycles. The van der Waals surface area contributed by atoms with Gasteiger partial charge in [0.05, 0.1) is 17.3 Å². The summed E-state index contributed by atoms with van der Waals surface area (Å²) in [5, 5.41) is 4.76. The maximum absolute atomic E-state index is 13.7. The molecule has 178 valence electrons. The molecule has 2 fully saturated rings. The summed E-state index contributed by atoms with van der Waals surface area (Å²) in [6.45, 7) is 4.62. The fraction of sp³-hybridized carbons (Fsp3) is 0.320. The van der Waals surface area contributed by atoms with E-state index in [1.54, 1.807) is 10.6 Å². The van der Waals surface area contributed by atoms with E-state index in [1.165, 1.54) is 11.3 Å². The van der Waals surface area contributed by atoms with Gasteiger partial charge in [-0.1, -0.05) is 30.3 Å². The third kappa shape index (κ3) is 3.93. The number of amides is 2. The summed E-state index contributed by atoms with van der Waals surface area (Å²) in [6.07, 6.45) is 3.95. The number of nitrogens with one attached hydrogen (secondary N) is 1. The van der Waals surface area contributed by atoms with Gasteiger partial charge >= 0.3 is 6.09 Å². The number of thiazole rings is 1. The van der Waals surface area contributed by atoms with Crippen molar-refractivity contribution in [1.82, 2.24) is 29.6 Å². The molecule has 35 heavy (non-hydrogen) atoms. The summed E-state index contributed by atoms with van der Waals surface area (Å²) in [7, 11) is 0. The second-order valence-electron chi connectivity index (χ2n) is 9.06. The second kappa shape index (κ2) is 8.46. The minimum absolute atomic E-state index is 0.0994. The van der Waals surface area contributed by atoms with Crippen LogP contribution in [-0.4, -0.2) is 55.4 Å². The van der Waals surface area contributed by atoms with Crippen molar-refractivity contribution in [3.05, 3.63) is 65.2 Å². The highest BCUT2D eigenvalue weighted by Gasteiger charge is 2.54. The van der Waals surface area contributed by atoms with Crippen molar-refractivity contribution in [2.45, 2.75) is 26.3 Å². The van der Waals surface area contributed by atoms with Gasteiger partial charge in [-0.05, 0) is 32.1 Å². The topological polar surface area (TPSA) is 102 Å². The molecule has 0 unspecified atom stereocenters. The number of carbonyl (C=O) groups is 2. The van der Waals surface area contributed by atoms with E-state index in [2.05, 4.69) is 20.3 Å². The van der Waals surface area contributed by atoms with Crippen molar-refractivity contribution in [2.24, 2.45) is 11.8 Å². The molecule has 10 heteroatoms. The van der Waals surface area contributed by atoms with E-state index in [1.807, 2.05) is 60.7 Å². The maximum Gasteiger partial charge on any atom is 0.414 e. The molecule has 1 saturated carbocycles. The molecule has 0 spiro atoms. The number of aryl methyl sites for hydroxylation is 2. The minimum Gasteiger partial charge on any atom is -0.391 e. The van der Waals surface area contributed by atoms with Gasteiger partial charge in [0.15, 0.2) is 4.96 Å². The van der Waals surface area contributed by atoms with Crippen molar-refractivity contribution in [2.75, 3.05) is 13.1 Å². The Kier molecular flexibility index (Phi) is 5.25. The first-order chi connectivity index (χ1) is 17.0. The van der Waals surface area contributed by atoms with E-state index < -0.39 is 6.09 Å². The molecule has 1 aliphatic carbocycles. The Labute approximate surface area is 205 Å². The van der Waals surface area contributed by atoms with Crippen molar-refractivity contribution >= 4 is 28.3 Å². The molecule has 1 aromatic carbocycles. The fourth-order valence-corrected chi connectivity index (χ4v) is 5.72. The van der Waals surface area contributed by atoms with Crippen LogP contribution in [0.5, 0.6) is 5.88 Å². The first-order valence-corrected chi connectivity index (χ1v) is 12.5. The molecule has 2 aliphatic rings. The van der Waals surface area contributed by atoms with Gasteiger partial charge in [-0.3, -0.25) is 9.20 Å². The summed E-state index contributed by atoms with van der Waals surface area (Å²) in [6, 6.07) is 9.57. The smallest absolute Gasteiger partial charge is 0.391 e. The van der Waals surface area contributed by atoms with Crippen LogP contribution in [0, 0.1) is 25.7 Å². The maximum atomic E-state index is 13.7. The zero-order chi connectivity index (χ0) is 24.1. The van der Waals surface area contributed by atoms with Crippen LogP contribution in [0.4, 0.5) is 4.79 Å². The van der Waals surface area contributed by atoms with Gasteiger partial charge < -0.3 is 15.0 Å². The van der Waals surface area contributed by atoms with Crippen LogP contribution < -0.4 is 10.1 Å². The number of ether oxygens (including phenoxy) is 1. The SMILES string of the molecule is Cc1ncc(C(=O)N2C[C@@H]3C[C@@H]3[C@H]2CNC(=O)Oc2c(C)nc3sccn23)c(-c2ccccc2)n1. The Morgan fingerprint density at radius 2 is 2.03 bits per heavy atom. The van der Waals surface area contributed by atoms with Gasteiger partial charge in [0, 0.05) is 36.4 Å². The van der Waals surface area contributed by atoms with E-state index in [9.17, 15) is 9.59 Å². The number of piperidine rings is 1. The molecular formula is C25H24N6O3S. The Morgan fingerprint density at radius 3 is 2.86 bits per heavy atom. The Morgan fingerprint density at radius 1 is 1.20 bits per heavy atom. The van der Waals surface area contributed by atoms with Gasteiger partial charge in [-0.25, -0.2) is 19.7 Å². The lowest BCUT2D eigenvalue weighted by atomic mass is 10.1. The Balaban J connectivity index is 1.19. The number of fused-ring (bicyclic) bond motifs is 2. The van der Waals surface area contributed by atoms with Crippen LogP contribution in [0.1, 0.15) is 28.3 Å². The average Bonchev–Trinajstić information content (AvgIpc) is 3.17. The van der Waals surface area contributed by atoms with Gasteiger partial charge in [0.1, 0.15) is 11.5 Å². The van der Waals surface area contributed by atoms with Gasteiger partial charge in [0.2, 0.25) is 5.88 Å². The van der Waals surface area contributed by atoms with Crippen molar-refractivity contribution in [3.63, 3.8) is 0 Å². The Hall–Kier alpha value is -3.79. The number of aromatic nitrogens is 4. The normalized spacial score (nSPS) is 20.6. The summed E-state index contributed by atoms with van der Waals surface area (Å²) < 4.78 is 7.32. The highest BCUT2D eigenvalue weighted by molar-refractivity contribution is 7.15. The number of hydrogen-bond acceptors (Lipinski definition) is 7. The summed E-state index contributed by atoms with van der Waals surface area (Å²) in [5.74, 6) is 1.76. The monoisotopic (exact) mass is 488 g/mol. The largest absolute Gasteiger partial charge is 0.414 e. The van der Waals surface area contributed by atoms with Crippen LogP contribution in [0.2, 0.25) is 0 Å². The van der Waals surface area contributed by atoms with E-state index in [-0.39, 0.29) is 11.9 Å². The van der Waals surface area contributed by atoms with Crippen molar-refractivity contribution in [1.29, 1.82) is 0 Å². The number of rotatable bonds is 5. The van der Waals surface area contributed by atoms with Crippen molar-refractivity contribution in [3.8, 4) is 17.1 Å². The lowest BCUT2D eigenvalue weighted by Crippen LogP contribution is -2.46. The van der Waals surface area contributed by atoms with E-state index in [0.29, 0.717) is 53.6 Å². The van der Waals surface area contributed by atoms with Crippen LogP contribution in [0.25, 0.3) is 16.2 Å². The molecule has 1 N–H and O–H groups in total. The third-order valence-corrected chi connectivity index (χ3v) is 7.53. The number of hydrogen-bond donors (Lipinski definition) is 1. The average molecular weight is 489 g/mol. The van der Waals surface area contributed by atoms with Gasteiger partial charge in [-0.15, -0.1) is 11.3 Å². The first-order valence-electron chi connectivity index (χ1n) is 11.6. The molecule has 4 aromatic rings. The fourth-order valence-electron chi connectivity index (χ4n) is 4.97. The molecule has 0 radical (unpaired) electrons. The molecular weight excluding hydrogens is 464 g/mol. The van der Waals surface area contributed by atoms with Crippen LogP contribution in [-0.2, 0) is 0 Å². The molecule has 6 rings (SSSR count). The molecule has 3 atom stereocenters. The first kappa shape index (κ1) is 21.7. The molecule has 4 heterocycles. The lowest BCUT2D eigenvalue weighted by Gasteiger charge is -2.28. The zero-order valence-electron chi connectivity index (χ0n) is 19.3. The number of carbonyl (C=O) groups excluding carboxylic acids is 2. The standard InChI is InChI=1S/C25H24N6O3S/c1-14-23(30-8-9-35-24(30)28-14)34-25(33)27-12-20-18-10-17(18)13-31(20)22(32)19-11-26-15(2)29-21(19)16-6-4-3-5-7-16/h3-9,11,17-18,20H,10,12-13H2,1-2H3,(H,27,33)/t17-,18-,20+/m0/s1. The molecule has 2 amide bonds. The molecule has 1 aliphatic heterocycles. The van der Waals surface area contributed by atoms with Crippen LogP contribution in [0.3, 0.4) is 0 Å². The van der Waals surface area contributed by atoms with Crippen LogP contribution in [0.15, 0.2) is 48.1 Å².